The number of benzene rings is 6. The first-order valence-corrected chi connectivity index (χ1v) is 16.0. The zero-order valence-electron chi connectivity index (χ0n) is 24.2. The molecule has 0 amide bonds. The summed E-state index contributed by atoms with van der Waals surface area (Å²) in [4.78, 5) is 0. The molecule has 0 radical (unpaired) electrons. The number of hydrogen-bond acceptors (Lipinski definition) is 3. The Balaban J connectivity index is 1.49. The van der Waals surface area contributed by atoms with Crippen molar-refractivity contribution in [3.63, 3.8) is 0 Å². The lowest BCUT2D eigenvalue weighted by molar-refractivity contribution is 1.20. The van der Waals surface area contributed by atoms with Gasteiger partial charge in [-0.15, -0.1) is 0 Å². The number of hydrogen-bond donors (Lipinski definition) is 3. The Morgan fingerprint density at radius 3 is 0.884 bits per heavy atom. The standard InChI is InChI=1S/C39H36N3P/c40-37-31(25-28-13-4-1-5-14-28)19-10-22-34(37)43(35-23-11-20-32(38(35)41)26-29-15-6-2-7-16-29)36-24-12-21-33(39(36)42)27-30-17-8-3-9-18-30/h1-24H,25-27,40-42H2. The Bertz CT molecular complexity index is 1600. The summed E-state index contributed by atoms with van der Waals surface area (Å²) in [6.07, 6.45) is 2.28. The van der Waals surface area contributed by atoms with Gasteiger partial charge in [-0.3, -0.25) is 0 Å². The van der Waals surface area contributed by atoms with E-state index in [0.717, 1.165) is 68.9 Å². The molecule has 0 atom stereocenters. The van der Waals surface area contributed by atoms with Crippen LogP contribution in [-0.2, 0) is 19.3 Å². The summed E-state index contributed by atoms with van der Waals surface area (Å²) in [5.74, 6) is 0. The van der Waals surface area contributed by atoms with Crippen LogP contribution in [0, 0.1) is 0 Å². The summed E-state index contributed by atoms with van der Waals surface area (Å²) in [5, 5.41) is 3.24. The molecule has 0 saturated carbocycles. The second-order valence-corrected chi connectivity index (χ2v) is 13.0. The van der Waals surface area contributed by atoms with Crippen LogP contribution in [0.5, 0.6) is 0 Å². The molecule has 0 saturated heterocycles. The Morgan fingerprint density at radius 1 is 0.326 bits per heavy atom. The maximum atomic E-state index is 7.06. The molecule has 0 unspecified atom stereocenters. The van der Waals surface area contributed by atoms with Crippen LogP contribution in [0.15, 0.2) is 146 Å². The van der Waals surface area contributed by atoms with Crippen LogP contribution in [0.3, 0.4) is 0 Å². The smallest absolute Gasteiger partial charge is 0.0434 e. The molecule has 0 heterocycles. The summed E-state index contributed by atoms with van der Waals surface area (Å²) in [6, 6.07) is 50.6. The van der Waals surface area contributed by atoms with Crippen LogP contribution in [0.25, 0.3) is 0 Å². The molecule has 0 fully saturated rings. The molecule has 212 valence electrons. The van der Waals surface area contributed by atoms with Crippen molar-refractivity contribution in [3.05, 3.63) is 179 Å². The fraction of sp³-hybridized carbons (Fsp3) is 0.0769. The molecule has 6 N–H and O–H groups in total. The summed E-state index contributed by atoms with van der Waals surface area (Å²) in [5.41, 5.74) is 30.6. The maximum absolute atomic E-state index is 7.06. The molecular formula is C39H36N3P. The lowest BCUT2D eigenvalue weighted by Gasteiger charge is -2.26. The molecule has 3 nitrogen and oxygen atoms in total. The lowest BCUT2D eigenvalue weighted by atomic mass is 10.0. The summed E-state index contributed by atoms with van der Waals surface area (Å²) in [7, 11) is -1.16. The van der Waals surface area contributed by atoms with E-state index >= 15 is 0 Å². The van der Waals surface area contributed by atoms with Crippen LogP contribution in [0.1, 0.15) is 33.4 Å². The van der Waals surface area contributed by atoms with Crippen LogP contribution in [0.2, 0.25) is 0 Å². The molecule has 6 aromatic carbocycles. The molecule has 0 spiro atoms. The van der Waals surface area contributed by atoms with E-state index in [0.29, 0.717) is 0 Å². The zero-order chi connectivity index (χ0) is 29.6. The summed E-state index contributed by atoms with van der Waals surface area (Å²) in [6.45, 7) is 0. The largest absolute Gasteiger partial charge is 0.398 e. The van der Waals surface area contributed by atoms with Gasteiger partial charge in [0.15, 0.2) is 0 Å². The van der Waals surface area contributed by atoms with Gasteiger partial charge in [0.1, 0.15) is 0 Å². The third-order valence-electron chi connectivity index (χ3n) is 7.96. The number of para-hydroxylation sites is 3. The second-order valence-electron chi connectivity index (χ2n) is 10.9. The van der Waals surface area contributed by atoms with Crippen LogP contribution in [-0.4, -0.2) is 0 Å². The minimum absolute atomic E-state index is 0.761. The van der Waals surface area contributed by atoms with Crippen molar-refractivity contribution in [3.8, 4) is 0 Å². The Labute approximate surface area is 255 Å². The molecule has 6 aromatic rings. The van der Waals surface area contributed by atoms with Crippen molar-refractivity contribution in [2.45, 2.75) is 19.3 Å². The van der Waals surface area contributed by atoms with E-state index in [-0.39, 0.29) is 0 Å². The minimum Gasteiger partial charge on any atom is -0.398 e. The van der Waals surface area contributed by atoms with Gasteiger partial charge < -0.3 is 17.2 Å². The molecule has 6 rings (SSSR count). The first-order valence-electron chi connectivity index (χ1n) is 14.6. The minimum atomic E-state index is -1.16. The van der Waals surface area contributed by atoms with Gasteiger partial charge in [0, 0.05) is 33.0 Å². The Hall–Kier alpha value is -4.85. The molecule has 0 aromatic heterocycles. The van der Waals surface area contributed by atoms with Gasteiger partial charge in [0.05, 0.1) is 0 Å². The zero-order valence-corrected chi connectivity index (χ0v) is 25.1. The fourth-order valence-corrected chi connectivity index (χ4v) is 8.32. The van der Waals surface area contributed by atoms with Crippen molar-refractivity contribution in [2.24, 2.45) is 0 Å². The molecule has 4 heteroatoms. The van der Waals surface area contributed by atoms with Gasteiger partial charge in [0.2, 0.25) is 0 Å². The molecule has 0 aliphatic heterocycles. The fourth-order valence-electron chi connectivity index (χ4n) is 5.68. The third-order valence-corrected chi connectivity index (χ3v) is 10.6. The predicted octanol–water partition coefficient (Wildman–Crippen LogP) is 6.96. The monoisotopic (exact) mass is 577 g/mol. The van der Waals surface area contributed by atoms with E-state index in [1.165, 1.54) is 16.7 Å². The van der Waals surface area contributed by atoms with Crippen LogP contribution < -0.4 is 33.1 Å². The highest BCUT2D eigenvalue weighted by molar-refractivity contribution is 7.80. The number of rotatable bonds is 9. The van der Waals surface area contributed by atoms with E-state index in [2.05, 4.69) is 127 Å². The molecule has 43 heavy (non-hydrogen) atoms. The summed E-state index contributed by atoms with van der Waals surface area (Å²) < 4.78 is 0. The first kappa shape index (κ1) is 28.3. The Kier molecular flexibility index (Phi) is 8.54. The molecule has 0 bridgehead atoms. The molecule has 0 aliphatic carbocycles. The third kappa shape index (κ3) is 6.33. The molecule has 0 aliphatic rings. The Morgan fingerprint density at radius 2 is 0.605 bits per heavy atom. The number of nitrogens with two attached hydrogens (primary N) is 3. The van der Waals surface area contributed by atoms with Gasteiger partial charge in [-0.05, 0) is 60.6 Å². The van der Waals surface area contributed by atoms with E-state index < -0.39 is 7.92 Å². The van der Waals surface area contributed by atoms with E-state index in [4.69, 9.17) is 17.2 Å². The first-order chi connectivity index (χ1) is 21.1. The van der Waals surface area contributed by atoms with Crippen molar-refractivity contribution in [2.75, 3.05) is 17.2 Å². The van der Waals surface area contributed by atoms with Gasteiger partial charge >= 0.3 is 0 Å². The van der Waals surface area contributed by atoms with Crippen molar-refractivity contribution in [1.82, 2.24) is 0 Å². The molecular weight excluding hydrogens is 541 g/mol. The predicted molar refractivity (Wildman–Crippen MR) is 186 cm³/mol. The lowest BCUT2D eigenvalue weighted by Crippen LogP contribution is -2.28. The highest BCUT2D eigenvalue weighted by Gasteiger charge is 2.26. The quantitative estimate of drug-likeness (QED) is 0.128. The second kappa shape index (κ2) is 13.0. The normalized spacial score (nSPS) is 11.1. The van der Waals surface area contributed by atoms with Crippen LogP contribution >= 0.6 is 7.92 Å². The van der Waals surface area contributed by atoms with E-state index in [1.807, 2.05) is 18.2 Å². The van der Waals surface area contributed by atoms with Gasteiger partial charge in [-0.25, -0.2) is 0 Å². The van der Waals surface area contributed by atoms with Crippen molar-refractivity contribution in [1.29, 1.82) is 0 Å². The van der Waals surface area contributed by atoms with E-state index in [1.54, 1.807) is 0 Å². The van der Waals surface area contributed by atoms with Crippen LogP contribution in [0.4, 0.5) is 17.1 Å². The number of nitrogen functional groups attached to an aromatic ring is 3. The average Bonchev–Trinajstić information content (AvgIpc) is 3.04. The SMILES string of the molecule is Nc1c(Cc2ccccc2)cccc1P(c1cccc(Cc2ccccc2)c1N)c1cccc(Cc2ccccc2)c1N. The number of anilines is 3. The summed E-state index contributed by atoms with van der Waals surface area (Å²) >= 11 is 0. The average molecular weight is 578 g/mol. The highest BCUT2D eigenvalue weighted by Crippen LogP contribution is 2.41. The van der Waals surface area contributed by atoms with Gasteiger partial charge in [0.25, 0.3) is 0 Å². The van der Waals surface area contributed by atoms with Crippen molar-refractivity contribution < 1.29 is 0 Å². The van der Waals surface area contributed by atoms with Gasteiger partial charge in [-0.1, -0.05) is 146 Å². The van der Waals surface area contributed by atoms with Crippen molar-refractivity contribution >= 4 is 40.9 Å². The van der Waals surface area contributed by atoms with Gasteiger partial charge in [-0.2, -0.15) is 0 Å². The maximum Gasteiger partial charge on any atom is 0.0434 e. The highest BCUT2D eigenvalue weighted by atomic mass is 31.1. The topological polar surface area (TPSA) is 78.1 Å². The van der Waals surface area contributed by atoms with E-state index in [9.17, 15) is 0 Å².